The Morgan fingerprint density at radius 3 is 2.33 bits per heavy atom. The van der Waals surface area contributed by atoms with Crippen LogP contribution in [-0.2, 0) is 4.79 Å². The highest BCUT2D eigenvalue weighted by molar-refractivity contribution is 9.10. The van der Waals surface area contributed by atoms with Gasteiger partial charge in [-0.15, -0.1) is 0 Å². The zero-order chi connectivity index (χ0) is 12.9. The summed E-state index contributed by atoms with van der Waals surface area (Å²) >= 11 is 3.52. The van der Waals surface area contributed by atoms with Crippen LogP contribution in [0.5, 0.6) is 0 Å². The van der Waals surface area contributed by atoms with E-state index in [1.165, 1.54) is 23.1 Å². The van der Waals surface area contributed by atoms with E-state index in [1.807, 2.05) is 0 Å². The van der Waals surface area contributed by atoms with Crippen molar-refractivity contribution >= 4 is 27.8 Å². The number of carbonyl (C=O) groups is 1. The largest absolute Gasteiger partial charge is 0.294 e. The van der Waals surface area contributed by atoms with E-state index in [0.29, 0.717) is 17.6 Å². The average Bonchev–Trinajstić information content (AvgIpc) is 2.85. The molecule has 2 fully saturated rings. The van der Waals surface area contributed by atoms with Gasteiger partial charge in [-0.3, -0.25) is 4.79 Å². The molecule has 0 aliphatic heterocycles. The van der Waals surface area contributed by atoms with Gasteiger partial charge in [0, 0.05) is 10.4 Å². The smallest absolute Gasteiger partial charge is 0.162 e. The molecule has 0 heterocycles. The first-order valence-electron chi connectivity index (χ1n) is 6.59. The molecule has 0 radical (unpaired) electrons. The molecule has 18 heavy (non-hydrogen) atoms. The topological polar surface area (TPSA) is 17.1 Å². The van der Waals surface area contributed by atoms with Gasteiger partial charge in [0.1, 0.15) is 0 Å². The van der Waals surface area contributed by atoms with E-state index < -0.39 is 0 Å². The second-order valence-corrected chi connectivity index (χ2v) is 6.54. The van der Waals surface area contributed by atoms with Crippen LogP contribution in [0.3, 0.4) is 0 Å². The Kier molecular flexibility index (Phi) is 2.93. The van der Waals surface area contributed by atoms with Crippen molar-refractivity contribution in [1.29, 1.82) is 0 Å². The molecule has 1 nitrogen and oxygen atoms in total. The maximum Gasteiger partial charge on any atom is 0.162 e. The summed E-state index contributed by atoms with van der Waals surface area (Å²) in [4.78, 5) is 12.2. The first-order chi connectivity index (χ1) is 8.56. The molecule has 0 aromatic heterocycles. The van der Waals surface area contributed by atoms with Crippen LogP contribution in [0, 0.1) is 25.7 Å². The number of hydrogen-bond acceptors (Lipinski definition) is 1. The summed E-state index contributed by atoms with van der Waals surface area (Å²) in [6.07, 6.45) is 5.57. The van der Waals surface area contributed by atoms with E-state index in [1.54, 1.807) is 0 Å². The molecule has 0 spiro atoms. The number of hydrogen-bond donors (Lipinski definition) is 0. The van der Waals surface area contributed by atoms with Gasteiger partial charge in [-0.05, 0) is 79.5 Å². The molecule has 1 aromatic carbocycles. The predicted molar refractivity (Wildman–Crippen MR) is 77.4 cm³/mol. The first-order valence-corrected chi connectivity index (χ1v) is 7.38. The van der Waals surface area contributed by atoms with Crippen molar-refractivity contribution in [3.8, 4) is 0 Å². The molecule has 2 aliphatic carbocycles. The quantitative estimate of drug-likeness (QED) is 0.701. The molecule has 2 heteroatoms. The fourth-order valence-electron chi connectivity index (χ4n) is 3.43. The lowest BCUT2D eigenvalue weighted by Gasteiger charge is -2.14. The molecule has 3 rings (SSSR count). The number of allylic oxidation sites excluding steroid dienone is 1. The predicted octanol–water partition coefficient (Wildman–Crippen LogP) is 4.45. The van der Waals surface area contributed by atoms with Gasteiger partial charge in [-0.1, -0.05) is 15.9 Å². The highest BCUT2D eigenvalue weighted by Crippen LogP contribution is 2.46. The van der Waals surface area contributed by atoms with Gasteiger partial charge in [0.2, 0.25) is 0 Å². The Labute approximate surface area is 116 Å². The second-order valence-electron chi connectivity index (χ2n) is 5.62. The maximum absolute atomic E-state index is 12.2. The summed E-state index contributed by atoms with van der Waals surface area (Å²) in [5.41, 5.74) is 4.80. The normalized spacial score (nSPS) is 28.4. The van der Waals surface area contributed by atoms with Gasteiger partial charge in [-0.25, -0.2) is 0 Å². The lowest BCUT2D eigenvalue weighted by atomic mass is 9.90. The summed E-state index contributed by atoms with van der Waals surface area (Å²) in [5, 5.41) is 0. The van der Waals surface area contributed by atoms with Crippen LogP contribution in [-0.4, -0.2) is 5.78 Å². The lowest BCUT2D eigenvalue weighted by Crippen LogP contribution is -2.12. The molecule has 0 saturated heterocycles. The number of ketones is 1. The number of carbonyl (C=O) groups excluding carboxylic acids is 1. The van der Waals surface area contributed by atoms with E-state index >= 15 is 0 Å². The minimum absolute atomic E-state index is 0.331. The Morgan fingerprint density at radius 1 is 1.17 bits per heavy atom. The van der Waals surface area contributed by atoms with Crippen molar-refractivity contribution in [3.05, 3.63) is 38.9 Å². The highest BCUT2D eigenvalue weighted by Gasteiger charge is 2.42. The Hall–Kier alpha value is -0.890. The standard InChI is InChI=1S/C16H17BrO/c1-9-5-13(17)6-10(2)14(9)8-15-11-3-4-12(7-11)16(15)18/h5-6,8,11-12H,3-4,7H2,1-2H3/b15-8-. The van der Waals surface area contributed by atoms with Crippen molar-refractivity contribution in [2.24, 2.45) is 11.8 Å². The minimum atomic E-state index is 0.331. The summed E-state index contributed by atoms with van der Waals surface area (Å²) in [6, 6.07) is 4.24. The third kappa shape index (κ3) is 1.87. The zero-order valence-electron chi connectivity index (χ0n) is 10.8. The third-order valence-electron chi connectivity index (χ3n) is 4.39. The van der Waals surface area contributed by atoms with Gasteiger partial charge in [0.05, 0.1) is 0 Å². The van der Waals surface area contributed by atoms with Gasteiger partial charge < -0.3 is 0 Å². The number of aryl methyl sites for hydroxylation is 2. The van der Waals surface area contributed by atoms with E-state index in [2.05, 4.69) is 48.0 Å². The monoisotopic (exact) mass is 304 g/mol. The van der Waals surface area contributed by atoms with Crippen molar-refractivity contribution in [2.75, 3.05) is 0 Å². The third-order valence-corrected chi connectivity index (χ3v) is 4.84. The van der Waals surface area contributed by atoms with Gasteiger partial charge >= 0.3 is 0 Å². The number of Topliss-reactive ketones (excluding diaryl/α,β-unsaturated/α-hetero) is 1. The summed E-state index contributed by atoms with van der Waals surface area (Å²) in [6.45, 7) is 4.23. The zero-order valence-corrected chi connectivity index (χ0v) is 12.4. The lowest BCUT2D eigenvalue weighted by molar-refractivity contribution is -0.118. The number of fused-ring (bicyclic) bond motifs is 2. The molecule has 2 aliphatic rings. The fourth-order valence-corrected chi connectivity index (χ4v) is 4.12. The molecule has 2 bridgehead atoms. The van der Waals surface area contributed by atoms with Crippen molar-refractivity contribution in [3.63, 3.8) is 0 Å². The average molecular weight is 305 g/mol. The molecule has 1 aromatic rings. The number of halogens is 1. The van der Waals surface area contributed by atoms with E-state index in [9.17, 15) is 4.79 Å². The van der Waals surface area contributed by atoms with Crippen LogP contribution >= 0.6 is 15.9 Å². The second kappa shape index (κ2) is 4.34. The van der Waals surface area contributed by atoms with E-state index in [0.717, 1.165) is 22.9 Å². The molecule has 2 saturated carbocycles. The SMILES string of the molecule is Cc1cc(Br)cc(C)c1/C=C1\C(=O)C2CCC1C2. The van der Waals surface area contributed by atoms with E-state index in [-0.39, 0.29) is 0 Å². The van der Waals surface area contributed by atoms with Crippen LogP contribution in [0.15, 0.2) is 22.2 Å². The molecular formula is C16H17BrO. The molecule has 0 amide bonds. The molecule has 94 valence electrons. The van der Waals surface area contributed by atoms with Gasteiger partial charge in [0.15, 0.2) is 5.78 Å². The summed E-state index contributed by atoms with van der Waals surface area (Å²) < 4.78 is 1.11. The van der Waals surface area contributed by atoms with Crippen LogP contribution < -0.4 is 0 Å². The number of rotatable bonds is 1. The van der Waals surface area contributed by atoms with Gasteiger partial charge in [-0.2, -0.15) is 0 Å². The maximum atomic E-state index is 12.2. The van der Waals surface area contributed by atoms with Crippen molar-refractivity contribution in [1.82, 2.24) is 0 Å². The molecule has 2 atom stereocenters. The fraction of sp³-hybridized carbons (Fsp3) is 0.438. The van der Waals surface area contributed by atoms with Crippen LogP contribution in [0.2, 0.25) is 0 Å². The van der Waals surface area contributed by atoms with Crippen molar-refractivity contribution in [2.45, 2.75) is 33.1 Å². The van der Waals surface area contributed by atoms with Crippen LogP contribution in [0.4, 0.5) is 0 Å². The molecular weight excluding hydrogens is 288 g/mol. The Balaban J connectivity index is 2.05. The Bertz CT molecular complexity index is 533. The highest BCUT2D eigenvalue weighted by atomic mass is 79.9. The van der Waals surface area contributed by atoms with Crippen LogP contribution in [0.1, 0.15) is 36.0 Å². The molecule has 2 unspecified atom stereocenters. The molecule has 0 N–H and O–H groups in total. The van der Waals surface area contributed by atoms with Gasteiger partial charge in [0.25, 0.3) is 0 Å². The first kappa shape index (κ1) is 12.2. The number of benzene rings is 1. The van der Waals surface area contributed by atoms with Crippen LogP contribution in [0.25, 0.3) is 6.08 Å². The summed E-state index contributed by atoms with van der Waals surface area (Å²) in [5.74, 6) is 1.27. The van der Waals surface area contributed by atoms with E-state index in [4.69, 9.17) is 0 Å². The Morgan fingerprint density at radius 2 is 1.78 bits per heavy atom. The van der Waals surface area contributed by atoms with Crippen molar-refractivity contribution < 1.29 is 4.79 Å². The summed E-state index contributed by atoms with van der Waals surface area (Å²) in [7, 11) is 0. The minimum Gasteiger partial charge on any atom is -0.294 e.